The monoisotopic (exact) mass is 714 g/mol. The fraction of sp³-hybridized carbons (Fsp3) is 0. The molecule has 0 N–H and O–H groups in total. The quantitative estimate of drug-likeness (QED) is 0.178. The van der Waals surface area contributed by atoms with Crippen LogP contribution in [-0.2, 0) is 0 Å². The number of hydrogen-bond donors (Lipinski definition) is 0. The number of nitriles is 1. The van der Waals surface area contributed by atoms with E-state index < -0.39 is 0 Å². The summed E-state index contributed by atoms with van der Waals surface area (Å²) in [4.78, 5) is 15.2. The SMILES string of the molecule is N#Cc1ccc(-n2c3ccccc3c3ccc4c(c5ccccc5n4-c4ccc5ccccc5c4)c32)c(-c2nc(-c3ccccc3)nc(-c3ccccc3)n2)c1. The van der Waals surface area contributed by atoms with Crippen LogP contribution in [-0.4, -0.2) is 24.1 Å². The molecule has 0 fully saturated rings. The van der Waals surface area contributed by atoms with Crippen molar-refractivity contribution in [1.82, 2.24) is 24.1 Å². The van der Waals surface area contributed by atoms with Gasteiger partial charge in [-0.1, -0.05) is 133 Å². The Morgan fingerprint density at radius 3 is 1.75 bits per heavy atom. The molecule has 0 saturated heterocycles. The van der Waals surface area contributed by atoms with Gasteiger partial charge < -0.3 is 9.13 Å². The number of para-hydroxylation sites is 2. The lowest BCUT2D eigenvalue weighted by atomic mass is 10.1. The van der Waals surface area contributed by atoms with Gasteiger partial charge in [-0.3, -0.25) is 0 Å². The fourth-order valence-electron chi connectivity index (χ4n) is 8.26. The number of nitrogens with zero attached hydrogens (tertiary/aromatic N) is 6. The van der Waals surface area contributed by atoms with Gasteiger partial charge in [0.25, 0.3) is 0 Å². The van der Waals surface area contributed by atoms with Crippen LogP contribution in [0, 0.1) is 11.3 Å². The van der Waals surface area contributed by atoms with E-state index in [0.717, 1.165) is 71.7 Å². The van der Waals surface area contributed by atoms with E-state index in [1.807, 2.05) is 78.9 Å². The highest BCUT2D eigenvalue weighted by Gasteiger charge is 2.24. The molecule has 0 saturated carbocycles. The Hall–Kier alpha value is -7.88. The molecule has 0 spiro atoms. The molecule has 56 heavy (non-hydrogen) atoms. The van der Waals surface area contributed by atoms with E-state index in [-0.39, 0.29) is 0 Å². The van der Waals surface area contributed by atoms with Gasteiger partial charge in [0, 0.05) is 43.9 Å². The van der Waals surface area contributed by atoms with E-state index in [0.29, 0.717) is 23.0 Å². The molecule has 0 atom stereocenters. The Balaban J connectivity index is 1.26. The minimum absolute atomic E-state index is 0.488. The van der Waals surface area contributed by atoms with Crippen LogP contribution in [0.5, 0.6) is 0 Å². The van der Waals surface area contributed by atoms with E-state index in [1.165, 1.54) is 10.8 Å². The third kappa shape index (κ3) is 4.92. The summed E-state index contributed by atoms with van der Waals surface area (Å²) in [7, 11) is 0. The number of benzene rings is 8. The predicted octanol–water partition coefficient (Wildman–Crippen LogP) is 12.1. The summed E-state index contributed by atoms with van der Waals surface area (Å²) in [5.41, 5.74) is 9.33. The molecule has 3 heterocycles. The first-order chi connectivity index (χ1) is 27.7. The predicted molar refractivity (Wildman–Crippen MR) is 227 cm³/mol. The minimum atomic E-state index is 0.488. The first kappa shape index (κ1) is 31.6. The van der Waals surface area contributed by atoms with Crippen molar-refractivity contribution in [3.8, 4) is 51.6 Å². The molecular weight excluding hydrogens is 685 g/mol. The molecule has 6 heteroatoms. The van der Waals surface area contributed by atoms with E-state index in [9.17, 15) is 5.26 Å². The second-order valence-electron chi connectivity index (χ2n) is 14.0. The van der Waals surface area contributed by atoms with E-state index in [1.54, 1.807) is 0 Å². The van der Waals surface area contributed by atoms with Gasteiger partial charge in [0.2, 0.25) is 0 Å². The lowest BCUT2D eigenvalue weighted by Gasteiger charge is -2.15. The minimum Gasteiger partial charge on any atom is -0.309 e. The molecule has 0 bridgehead atoms. The third-order valence-electron chi connectivity index (χ3n) is 10.8. The highest BCUT2D eigenvalue weighted by molar-refractivity contribution is 6.26. The van der Waals surface area contributed by atoms with Crippen molar-refractivity contribution in [2.45, 2.75) is 0 Å². The van der Waals surface area contributed by atoms with Gasteiger partial charge in [-0.15, -0.1) is 0 Å². The van der Waals surface area contributed by atoms with Gasteiger partial charge in [0.1, 0.15) is 0 Å². The first-order valence-corrected chi connectivity index (χ1v) is 18.6. The van der Waals surface area contributed by atoms with Gasteiger partial charge in [0.05, 0.1) is 39.4 Å². The van der Waals surface area contributed by atoms with Crippen molar-refractivity contribution in [2.75, 3.05) is 0 Å². The summed E-state index contributed by atoms with van der Waals surface area (Å²) in [5.74, 6) is 1.61. The molecule has 6 nitrogen and oxygen atoms in total. The van der Waals surface area contributed by atoms with E-state index in [2.05, 4.69) is 118 Å². The molecule has 3 aromatic heterocycles. The molecule has 0 aliphatic rings. The van der Waals surface area contributed by atoms with E-state index in [4.69, 9.17) is 15.0 Å². The van der Waals surface area contributed by atoms with Gasteiger partial charge in [0.15, 0.2) is 17.5 Å². The average Bonchev–Trinajstić information content (AvgIpc) is 3.79. The maximum Gasteiger partial charge on any atom is 0.166 e. The highest BCUT2D eigenvalue weighted by Crippen LogP contribution is 2.43. The second kappa shape index (κ2) is 12.6. The zero-order valence-corrected chi connectivity index (χ0v) is 30.0. The van der Waals surface area contributed by atoms with Crippen LogP contribution in [0.4, 0.5) is 0 Å². The molecule has 0 amide bonds. The Morgan fingerprint density at radius 1 is 0.429 bits per heavy atom. The second-order valence-corrected chi connectivity index (χ2v) is 14.0. The molecule has 0 aliphatic carbocycles. The van der Waals surface area contributed by atoms with Crippen LogP contribution in [0.3, 0.4) is 0 Å². The average molecular weight is 715 g/mol. The smallest absolute Gasteiger partial charge is 0.166 e. The Morgan fingerprint density at radius 2 is 1.04 bits per heavy atom. The van der Waals surface area contributed by atoms with Crippen LogP contribution in [0.2, 0.25) is 0 Å². The van der Waals surface area contributed by atoms with Crippen molar-refractivity contribution in [3.05, 3.63) is 188 Å². The fourth-order valence-corrected chi connectivity index (χ4v) is 8.26. The summed E-state index contributed by atoms with van der Waals surface area (Å²) in [6.07, 6.45) is 0. The molecule has 0 radical (unpaired) electrons. The van der Waals surface area contributed by atoms with Crippen LogP contribution in [0.1, 0.15) is 5.56 Å². The topological polar surface area (TPSA) is 72.3 Å². The van der Waals surface area contributed by atoms with Gasteiger partial charge in [-0.2, -0.15) is 5.26 Å². The number of aromatic nitrogens is 5. The molecule has 0 unspecified atom stereocenters. The molecule has 11 aromatic rings. The number of rotatable bonds is 5. The van der Waals surface area contributed by atoms with Crippen molar-refractivity contribution < 1.29 is 0 Å². The molecule has 11 rings (SSSR count). The summed E-state index contributed by atoms with van der Waals surface area (Å²) in [6, 6.07) is 65.0. The van der Waals surface area contributed by atoms with Crippen LogP contribution >= 0.6 is 0 Å². The molecular formula is C50H30N6. The summed E-state index contributed by atoms with van der Waals surface area (Å²) in [6.45, 7) is 0. The van der Waals surface area contributed by atoms with Crippen molar-refractivity contribution in [1.29, 1.82) is 5.26 Å². The third-order valence-corrected chi connectivity index (χ3v) is 10.8. The van der Waals surface area contributed by atoms with Gasteiger partial charge >= 0.3 is 0 Å². The lowest BCUT2D eigenvalue weighted by Crippen LogP contribution is -2.04. The van der Waals surface area contributed by atoms with Crippen LogP contribution in [0.25, 0.3) is 99.9 Å². The molecule has 8 aromatic carbocycles. The standard InChI is InChI=1S/C50H30N6/c51-31-32-23-27-44(41(29-32)50-53-48(34-14-3-1-4-15-34)52-49(54-50)35-16-5-2-6-17-35)56-42-21-11-9-19-38(42)39-26-28-45-46(47(39)56)40-20-10-12-22-43(40)55(45)37-25-24-33-13-7-8-18-36(33)30-37/h1-30H. The van der Waals surface area contributed by atoms with Crippen LogP contribution in [0.15, 0.2) is 182 Å². The van der Waals surface area contributed by atoms with E-state index >= 15 is 0 Å². The highest BCUT2D eigenvalue weighted by atomic mass is 15.1. The maximum atomic E-state index is 10.3. The summed E-state index contributed by atoms with van der Waals surface area (Å²) in [5, 5.41) is 17.2. The largest absolute Gasteiger partial charge is 0.309 e. The number of hydrogen-bond acceptors (Lipinski definition) is 4. The first-order valence-electron chi connectivity index (χ1n) is 18.6. The Kier molecular flexibility index (Phi) is 7.13. The Labute approximate surface area is 321 Å². The zero-order chi connectivity index (χ0) is 37.2. The number of fused-ring (bicyclic) bond motifs is 8. The summed E-state index contributed by atoms with van der Waals surface area (Å²) < 4.78 is 4.72. The zero-order valence-electron chi connectivity index (χ0n) is 30.0. The van der Waals surface area contributed by atoms with Gasteiger partial charge in [-0.25, -0.2) is 15.0 Å². The van der Waals surface area contributed by atoms with Crippen molar-refractivity contribution >= 4 is 54.4 Å². The normalized spacial score (nSPS) is 11.6. The lowest BCUT2D eigenvalue weighted by molar-refractivity contribution is 1.06. The van der Waals surface area contributed by atoms with Crippen molar-refractivity contribution in [3.63, 3.8) is 0 Å². The van der Waals surface area contributed by atoms with Crippen molar-refractivity contribution in [2.24, 2.45) is 0 Å². The maximum absolute atomic E-state index is 10.3. The molecule has 260 valence electrons. The Bertz CT molecular complexity index is 3310. The van der Waals surface area contributed by atoms with Crippen LogP contribution < -0.4 is 0 Å². The molecule has 0 aliphatic heterocycles. The van der Waals surface area contributed by atoms with Gasteiger partial charge in [-0.05, 0) is 59.3 Å². The summed E-state index contributed by atoms with van der Waals surface area (Å²) >= 11 is 0.